The lowest BCUT2D eigenvalue weighted by Crippen LogP contribution is -2.30. The van der Waals surface area contributed by atoms with Gasteiger partial charge >= 0.3 is 0 Å². The third kappa shape index (κ3) is 5.06. The predicted octanol–water partition coefficient (Wildman–Crippen LogP) is 5.50. The number of hydrogen-bond acceptors (Lipinski definition) is 5. The topological polar surface area (TPSA) is 87.1 Å². The van der Waals surface area contributed by atoms with Crippen LogP contribution in [-0.2, 0) is 16.1 Å². The monoisotopic (exact) mass is 471 g/mol. The van der Waals surface area contributed by atoms with Crippen LogP contribution in [0.15, 0.2) is 78.4 Å². The molecule has 4 rings (SSSR count). The van der Waals surface area contributed by atoms with Crippen molar-refractivity contribution in [1.29, 1.82) is 0 Å². The molecule has 0 spiro atoms. The lowest BCUT2D eigenvalue weighted by Gasteiger charge is -2.28. The number of para-hydroxylation sites is 1. The lowest BCUT2D eigenvalue weighted by atomic mass is 9.95. The van der Waals surface area contributed by atoms with Crippen molar-refractivity contribution < 1.29 is 24.5 Å². The minimum absolute atomic E-state index is 0.0127. The first-order valence-electron chi connectivity index (χ1n) is 11.5. The molecule has 0 aromatic heterocycles. The van der Waals surface area contributed by atoms with Gasteiger partial charge < -0.3 is 19.8 Å². The van der Waals surface area contributed by atoms with Crippen LogP contribution in [0.5, 0.6) is 11.5 Å². The number of amides is 1. The minimum Gasteiger partial charge on any atom is -0.508 e. The predicted molar refractivity (Wildman–Crippen MR) is 134 cm³/mol. The summed E-state index contributed by atoms with van der Waals surface area (Å²) >= 11 is 0. The van der Waals surface area contributed by atoms with E-state index in [1.807, 2.05) is 64.1 Å². The lowest BCUT2D eigenvalue weighted by molar-refractivity contribution is -0.140. The molecule has 1 aliphatic rings. The van der Waals surface area contributed by atoms with E-state index >= 15 is 0 Å². The molecule has 1 fully saturated rings. The highest BCUT2D eigenvalue weighted by Crippen LogP contribution is 2.41. The molecule has 2 N–H and O–H groups in total. The van der Waals surface area contributed by atoms with Crippen molar-refractivity contribution in [2.24, 2.45) is 0 Å². The largest absolute Gasteiger partial charge is 0.508 e. The zero-order valence-electron chi connectivity index (χ0n) is 20.3. The van der Waals surface area contributed by atoms with Gasteiger partial charge in [-0.25, -0.2) is 0 Å². The van der Waals surface area contributed by atoms with Crippen molar-refractivity contribution in [2.45, 2.75) is 45.9 Å². The fraction of sp³-hybridized carbons (Fsp3) is 0.241. The molecule has 6 heteroatoms. The highest BCUT2D eigenvalue weighted by molar-refractivity contribution is 6.46. The second kappa shape index (κ2) is 9.29. The Balaban J connectivity index is 1.83. The summed E-state index contributed by atoms with van der Waals surface area (Å²) in [7, 11) is 0. The van der Waals surface area contributed by atoms with Gasteiger partial charge in [0.1, 0.15) is 22.9 Å². The van der Waals surface area contributed by atoms with Crippen LogP contribution >= 0.6 is 0 Å². The molecule has 0 saturated carbocycles. The maximum Gasteiger partial charge on any atom is 0.295 e. The molecular weight excluding hydrogens is 442 g/mol. The van der Waals surface area contributed by atoms with E-state index in [0.717, 1.165) is 11.1 Å². The van der Waals surface area contributed by atoms with E-state index < -0.39 is 23.3 Å². The number of aliphatic hydroxyl groups excluding tert-OH is 1. The number of aliphatic hydroxyl groups is 1. The Labute approximate surface area is 205 Å². The number of phenols is 1. The Hall–Kier alpha value is -4.06. The molecule has 1 heterocycles. The Bertz CT molecular complexity index is 1280. The number of phenolic OH excluding ortho intramolecular Hbond substituents is 1. The third-order valence-electron chi connectivity index (χ3n) is 5.80. The van der Waals surface area contributed by atoms with Gasteiger partial charge in [-0.2, -0.15) is 0 Å². The first kappa shape index (κ1) is 24.1. The Morgan fingerprint density at radius 2 is 1.57 bits per heavy atom. The number of hydrogen-bond donors (Lipinski definition) is 2. The Morgan fingerprint density at radius 3 is 2.20 bits per heavy atom. The van der Waals surface area contributed by atoms with E-state index in [4.69, 9.17) is 4.74 Å². The third-order valence-corrected chi connectivity index (χ3v) is 5.80. The Kier molecular flexibility index (Phi) is 6.39. The van der Waals surface area contributed by atoms with E-state index in [1.165, 1.54) is 17.0 Å². The van der Waals surface area contributed by atoms with Gasteiger partial charge in [-0.1, -0.05) is 60.2 Å². The van der Waals surface area contributed by atoms with Gasteiger partial charge in [-0.3, -0.25) is 9.59 Å². The van der Waals surface area contributed by atoms with Crippen molar-refractivity contribution in [3.63, 3.8) is 0 Å². The molecule has 1 unspecified atom stereocenters. The quantitative estimate of drug-likeness (QED) is 0.292. The van der Waals surface area contributed by atoms with Crippen molar-refractivity contribution in [3.8, 4) is 11.5 Å². The van der Waals surface area contributed by atoms with E-state index in [1.54, 1.807) is 24.3 Å². The number of rotatable bonds is 5. The van der Waals surface area contributed by atoms with Crippen LogP contribution in [0.25, 0.3) is 5.76 Å². The van der Waals surface area contributed by atoms with Gasteiger partial charge in [-0.05, 0) is 51.5 Å². The number of ketones is 1. The standard InChI is InChI=1S/C29H29NO5/c1-18-9-11-20(12-10-18)26(32)24-25(19-13-15-22(31)16-14-19)30(28(34)27(24)33)17-21-7-5-6-8-23(21)35-29(2,3)4/h5-16,25,31-32H,17H2,1-4H3/b26-24+. The van der Waals surface area contributed by atoms with Crippen LogP contribution in [0, 0.1) is 6.92 Å². The number of carbonyl (C=O) groups excluding carboxylic acids is 2. The molecule has 180 valence electrons. The maximum absolute atomic E-state index is 13.3. The number of carbonyl (C=O) groups is 2. The van der Waals surface area contributed by atoms with Crippen LogP contribution in [0.4, 0.5) is 0 Å². The first-order valence-corrected chi connectivity index (χ1v) is 11.5. The zero-order chi connectivity index (χ0) is 25.3. The smallest absolute Gasteiger partial charge is 0.295 e. The van der Waals surface area contributed by atoms with Gasteiger partial charge in [0.2, 0.25) is 0 Å². The number of aryl methyl sites for hydroxylation is 1. The number of likely N-dealkylation sites (tertiary alicyclic amines) is 1. The van der Waals surface area contributed by atoms with Crippen LogP contribution in [0.3, 0.4) is 0 Å². The number of Topliss-reactive ketones (excluding diaryl/α,β-unsaturated/α-hetero) is 1. The molecule has 6 nitrogen and oxygen atoms in total. The average Bonchev–Trinajstić information content (AvgIpc) is 3.05. The van der Waals surface area contributed by atoms with Crippen molar-refractivity contribution >= 4 is 17.4 Å². The van der Waals surface area contributed by atoms with Gasteiger partial charge in [0.05, 0.1) is 18.2 Å². The van der Waals surface area contributed by atoms with Gasteiger partial charge in [0.15, 0.2) is 0 Å². The van der Waals surface area contributed by atoms with E-state index in [-0.39, 0.29) is 23.6 Å². The fourth-order valence-corrected chi connectivity index (χ4v) is 4.16. The molecule has 0 bridgehead atoms. The summed E-state index contributed by atoms with van der Waals surface area (Å²) < 4.78 is 6.10. The van der Waals surface area contributed by atoms with E-state index in [2.05, 4.69) is 0 Å². The van der Waals surface area contributed by atoms with E-state index in [0.29, 0.717) is 16.9 Å². The molecule has 1 amide bonds. The van der Waals surface area contributed by atoms with Crippen molar-refractivity contribution in [2.75, 3.05) is 0 Å². The minimum atomic E-state index is -0.834. The average molecular weight is 472 g/mol. The molecule has 3 aromatic rings. The van der Waals surface area contributed by atoms with Crippen LogP contribution in [0.2, 0.25) is 0 Å². The van der Waals surface area contributed by atoms with Gasteiger partial charge in [-0.15, -0.1) is 0 Å². The maximum atomic E-state index is 13.3. The second-order valence-corrected chi connectivity index (χ2v) is 9.71. The number of aromatic hydroxyl groups is 1. The van der Waals surface area contributed by atoms with Crippen LogP contribution in [-0.4, -0.2) is 32.4 Å². The van der Waals surface area contributed by atoms with E-state index in [9.17, 15) is 19.8 Å². The molecular formula is C29H29NO5. The summed E-state index contributed by atoms with van der Waals surface area (Å²) in [6.07, 6.45) is 0. The summed E-state index contributed by atoms with van der Waals surface area (Å²) in [5, 5.41) is 21.0. The molecule has 35 heavy (non-hydrogen) atoms. The summed E-state index contributed by atoms with van der Waals surface area (Å²) in [6, 6.07) is 20.0. The Morgan fingerprint density at radius 1 is 0.943 bits per heavy atom. The fourth-order valence-electron chi connectivity index (χ4n) is 4.16. The molecule has 1 atom stereocenters. The van der Waals surface area contributed by atoms with Crippen LogP contribution in [0.1, 0.15) is 49.1 Å². The molecule has 0 aliphatic carbocycles. The molecule has 1 saturated heterocycles. The summed E-state index contributed by atoms with van der Waals surface area (Å²) in [4.78, 5) is 28.0. The molecule has 0 radical (unpaired) electrons. The van der Waals surface area contributed by atoms with Crippen LogP contribution < -0.4 is 4.74 Å². The SMILES string of the molecule is Cc1ccc(/C(O)=C2\C(=O)C(=O)N(Cc3ccccc3OC(C)(C)C)C2c2ccc(O)cc2)cc1. The number of nitrogens with zero attached hydrogens (tertiary/aromatic N) is 1. The zero-order valence-corrected chi connectivity index (χ0v) is 20.3. The molecule has 3 aromatic carbocycles. The van der Waals surface area contributed by atoms with Crippen molar-refractivity contribution in [1.82, 2.24) is 4.90 Å². The number of benzene rings is 3. The van der Waals surface area contributed by atoms with Crippen molar-refractivity contribution in [3.05, 3.63) is 101 Å². The normalized spacial score (nSPS) is 17.6. The highest BCUT2D eigenvalue weighted by Gasteiger charge is 2.46. The molecule has 1 aliphatic heterocycles. The summed E-state index contributed by atoms with van der Waals surface area (Å²) in [5.41, 5.74) is 2.36. The number of ether oxygens (including phenoxy) is 1. The second-order valence-electron chi connectivity index (χ2n) is 9.71. The first-order chi connectivity index (χ1) is 16.5. The summed E-state index contributed by atoms with van der Waals surface area (Å²) in [6.45, 7) is 7.85. The highest BCUT2D eigenvalue weighted by atomic mass is 16.5. The van der Waals surface area contributed by atoms with Gasteiger partial charge in [0.25, 0.3) is 11.7 Å². The van der Waals surface area contributed by atoms with Gasteiger partial charge in [0, 0.05) is 11.1 Å². The summed E-state index contributed by atoms with van der Waals surface area (Å²) in [5.74, 6) is -1.01.